The highest BCUT2D eigenvalue weighted by Crippen LogP contribution is 1.98. The lowest BCUT2D eigenvalue weighted by molar-refractivity contribution is 0.937. The Kier molecular flexibility index (Phi) is 1.63. The predicted molar refractivity (Wildman–Crippen MR) is 35.7 cm³/mol. The van der Waals surface area contributed by atoms with E-state index in [0.29, 0.717) is 0 Å². The van der Waals surface area contributed by atoms with E-state index in [-0.39, 0.29) is 0 Å². The number of hydrogen-bond donors (Lipinski definition) is 1. The standard InChI is InChI=1S/C6H9N3/c1-5(2)3-6-4-7-9-8-6/h3-4H,1-2H3,(H,7,8,9). The number of aromatic amines is 1. The first kappa shape index (κ1) is 6.01. The van der Waals surface area contributed by atoms with Gasteiger partial charge in [0.25, 0.3) is 0 Å². The van der Waals surface area contributed by atoms with Crippen molar-refractivity contribution >= 4 is 6.08 Å². The Morgan fingerprint density at radius 3 is 2.89 bits per heavy atom. The highest BCUT2D eigenvalue weighted by Gasteiger charge is 1.86. The number of H-pyrrole nitrogens is 1. The maximum atomic E-state index is 3.84. The van der Waals surface area contributed by atoms with Crippen molar-refractivity contribution in [3.05, 3.63) is 17.5 Å². The lowest BCUT2D eigenvalue weighted by atomic mass is 10.3. The van der Waals surface area contributed by atoms with Gasteiger partial charge in [-0.3, -0.25) is 0 Å². The van der Waals surface area contributed by atoms with Crippen LogP contribution in [0.15, 0.2) is 11.8 Å². The average Bonchev–Trinajstić information content (AvgIpc) is 2.15. The van der Waals surface area contributed by atoms with Crippen LogP contribution < -0.4 is 0 Å². The van der Waals surface area contributed by atoms with Gasteiger partial charge in [-0.25, -0.2) is 0 Å². The van der Waals surface area contributed by atoms with Gasteiger partial charge in [-0.15, -0.1) is 0 Å². The van der Waals surface area contributed by atoms with Crippen molar-refractivity contribution in [3.8, 4) is 0 Å². The van der Waals surface area contributed by atoms with Crippen molar-refractivity contribution in [2.45, 2.75) is 13.8 Å². The van der Waals surface area contributed by atoms with Gasteiger partial charge < -0.3 is 0 Å². The van der Waals surface area contributed by atoms with Crippen LogP contribution in [0, 0.1) is 0 Å². The van der Waals surface area contributed by atoms with E-state index in [2.05, 4.69) is 15.4 Å². The summed E-state index contributed by atoms with van der Waals surface area (Å²) in [4.78, 5) is 0. The van der Waals surface area contributed by atoms with Gasteiger partial charge in [-0.1, -0.05) is 5.57 Å². The van der Waals surface area contributed by atoms with Crippen LogP contribution in [0.3, 0.4) is 0 Å². The van der Waals surface area contributed by atoms with Crippen molar-refractivity contribution in [1.82, 2.24) is 15.4 Å². The molecule has 0 atom stereocenters. The smallest absolute Gasteiger partial charge is 0.105 e. The molecule has 1 heterocycles. The van der Waals surface area contributed by atoms with Crippen molar-refractivity contribution in [1.29, 1.82) is 0 Å². The molecule has 1 aromatic heterocycles. The molecule has 1 rings (SSSR count). The predicted octanol–water partition coefficient (Wildman–Crippen LogP) is 1.23. The summed E-state index contributed by atoms with van der Waals surface area (Å²) in [5, 5.41) is 10.0. The molecule has 0 amide bonds. The second-order valence-electron chi connectivity index (χ2n) is 2.12. The highest BCUT2D eigenvalue weighted by molar-refractivity contribution is 5.45. The van der Waals surface area contributed by atoms with E-state index in [4.69, 9.17) is 0 Å². The maximum Gasteiger partial charge on any atom is 0.105 e. The van der Waals surface area contributed by atoms with Crippen LogP contribution in [0.2, 0.25) is 0 Å². The molecule has 1 N–H and O–H groups in total. The molecular formula is C6H9N3. The lowest BCUT2D eigenvalue weighted by Crippen LogP contribution is -1.71. The molecule has 3 nitrogen and oxygen atoms in total. The zero-order chi connectivity index (χ0) is 6.69. The summed E-state index contributed by atoms with van der Waals surface area (Å²) in [5.74, 6) is 0. The Bertz CT molecular complexity index is 194. The minimum atomic E-state index is 0.884. The summed E-state index contributed by atoms with van der Waals surface area (Å²) >= 11 is 0. The van der Waals surface area contributed by atoms with Crippen LogP contribution in [-0.4, -0.2) is 15.4 Å². The summed E-state index contributed by atoms with van der Waals surface area (Å²) in [6, 6.07) is 0. The SMILES string of the molecule is CC(C)=Cc1cn[nH]n1. The lowest BCUT2D eigenvalue weighted by Gasteiger charge is -1.82. The molecule has 0 bridgehead atoms. The number of hydrogen-bond acceptors (Lipinski definition) is 2. The molecule has 0 aliphatic carbocycles. The third-order valence-electron chi connectivity index (χ3n) is 0.870. The van der Waals surface area contributed by atoms with Gasteiger partial charge in [0, 0.05) is 0 Å². The molecule has 9 heavy (non-hydrogen) atoms. The monoisotopic (exact) mass is 123 g/mol. The van der Waals surface area contributed by atoms with Gasteiger partial charge in [-0.2, -0.15) is 15.4 Å². The van der Waals surface area contributed by atoms with E-state index in [9.17, 15) is 0 Å². The van der Waals surface area contributed by atoms with E-state index in [0.717, 1.165) is 5.69 Å². The fourth-order valence-electron chi connectivity index (χ4n) is 0.576. The van der Waals surface area contributed by atoms with E-state index in [1.54, 1.807) is 6.20 Å². The Labute approximate surface area is 53.8 Å². The molecule has 0 radical (unpaired) electrons. The Hall–Kier alpha value is -1.12. The molecule has 0 aromatic carbocycles. The molecule has 3 heteroatoms. The normalized spacial score (nSPS) is 9.11. The number of aromatic nitrogens is 3. The fourth-order valence-corrected chi connectivity index (χ4v) is 0.576. The van der Waals surface area contributed by atoms with Gasteiger partial charge in [0.05, 0.1) is 6.20 Å². The molecule has 1 aromatic rings. The third-order valence-corrected chi connectivity index (χ3v) is 0.870. The average molecular weight is 123 g/mol. The minimum Gasteiger partial charge on any atom is -0.197 e. The van der Waals surface area contributed by atoms with E-state index < -0.39 is 0 Å². The number of nitrogens with one attached hydrogen (secondary N) is 1. The zero-order valence-electron chi connectivity index (χ0n) is 5.55. The van der Waals surface area contributed by atoms with Crippen LogP contribution in [-0.2, 0) is 0 Å². The number of nitrogens with zero attached hydrogens (tertiary/aromatic N) is 2. The van der Waals surface area contributed by atoms with Crippen LogP contribution >= 0.6 is 0 Å². The zero-order valence-corrected chi connectivity index (χ0v) is 5.55. The van der Waals surface area contributed by atoms with Gasteiger partial charge in [0.15, 0.2) is 0 Å². The van der Waals surface area contributed by atoms with Crippen molar-refractivity contribution in [2.75, 3.05) is 0 Å². The maximum absolute atomic E-state index is 3.84. The minimum absolute atomic E-state index is 0.884. The van der Waals surface area contributed by atoms with E-state index in [1.165, 1.54) is 5.57 Å². The molecule has 0 saturated heterocycles. The Morgan fingerprint density at radius 2 is 2.44 bits per heavy atom. The second-order valence-corrected chi connectivity index (χ2v) is 2.12. The first-order chi connectivity index (χ1) is 4.29. The molecule has 0 spiro atoms. The summed E-state index contributed by atoms with van der Waals surface area (Å²) in [5.41, 5.74) is 2.11. The summed E-state index contributed by atoms with van der Waals surface area (Å²) < 4.78 is 0. The summed E-state index contributed by atoms with van der Waals surface area (Å²) in [6.45, 7) is 4.04. The summed E-state index contributed by atoms with van der Waals surface area (Å²) in [6.07, 6.45) is 3.65. The Balaban J connectivity index is 2.80. The topological polar surface area (TPSA) is 41.6 Å². The quantitative estimate of drug-likeness (QED) is 0.610. The second kappa shape index (κ2) is 2.44. The number of rotatable bonds is 1. The number of allylic oxidation sites excluding steroid dienone is 1. The molecule has 0 aliphatic heterocycles. The largest absolute Gasteiger partial charge is 0.197 e. The van der Waals surface area contributed by atoms with Crippen molar-refractivity contribution in [3.63, 3.8) is 0 Å². The van der Waals surface area contributed by atoms with Crippen LogP contribution in [0.1, 0.15) is 19.5 Å². The molecule has 0 fully saturated rings. The third kappa shape index (κ3) is 1.68. The highest BCUT2D eigenvalue weighted by atomic mass is 15.3. The van der Waals surface area contributed by atoms with Crippen LogP contribution in [0.5, 0.6) is 0 Å². The van der Waals surface area contributed by atoms with Gasteiger partial charge >= 0.3 is 0 Å². The van der Waals surface area contributed by atoms with Gasteiger partial charge in [-0.05, 0) is 19.9 Å². The first-order valence-electron chi connectivity index (χ1n) is 2.80. The Morgan fingerprint density at radius 1 is 1.67 bits per heavy atom. The first-order valence-corrected chi connectivity index (χ1v) is 2.80. The molecule has 0 aliphatic rings. The van der Waals surface area contributed by atoms with E-state index >= 15 is 0 Å². The summed E-state index contributed by atoms with van der Waals surface area (Å²) in [7, 11) is 0. The van der Waals surface area contributed by atoms with Crippen molar-refractivity contribution in [2.24, 2.45) is 0 Å². The van der Waals surface area contributed by atoms with E-state index in [1.807, 2.05) is 19.9 Å². The fraction of sp³-hybridized carbons (Fsp3) is 0.333. The molecule has 0 unspecified atom stereocenters. The molecule has 48 valence electrons. The van der Waals surface area contributed by atoms with Crippen LogP contribution in [0.25, 0.3) is 6.08 Å². The van der Waals surface area contributed by atoms with Crippen LogP contribution in [0.4, 0.5) is 0 Å². The van der Waals surface area contributed by atoms with Gasteiger partial charge in [0.1, 0.15) is 5.69 Å². The molecular weight excluding hydrogens is 114 g/mol. The van der Waals surface area contributed by atoms with Gasteiger partial charge in [0.2, 0.25) is 0 Å². The molecule has 0 saturated carbocycles. The van der Waals surface area contributed by atoms with Crippen molar-refractivity contribution < 1.29 is 0 Å².